The highest BCUT2D eigenvalue weighted by atomic mass is 16.3. The lowest BCUT2D eigenvalue weighted by atomic mass is 10.1. The van der Waals surface area contributed by atoms with E-state index < -0.39 is 0 Å². The molecule has 0 radical (unpaired) electrons. The fourth-order valence-electron chi connectivity index (χ4n) is 2.07. The van der Waals surface area contributed by atoms with Gasteiger partial charge in [-0.25, -0.2) is 4.98 Å². The Morgan fingerprint density at radius 1 is 1.62 bits per heavy atom. The van der Waals surface area contributed by atoms with Gasteiger partial charge in [-0.15, -0.1) is 0 Å². The number of hydrogen-bond donors (Lipinski definition) is 1. The molecule has 0 bridgehead atoms. The van der Waals surface area contributed by atoms with Crippen molar-refractivity contribution in [3.8, 4) is 6.07 Å². The average Bonchev–Trinajstić information content (AvgIpc) is 2.76. The van der Waals surface area contributed by atoms with Crippen LogP contribution in [0.4, 0.5) is 5.82 Å². The van der Waals surface area contributed by atoms with E-state index in [0.717, 1.165) is 31.0 Å². The van der Waals surface area contributed by atoms with Gasteiger partial charge < -0.3 is 10.0 Å². The van der Waals surface area contributed by atoms with Gasteiger partial charge in [-0.05, 0) is 25.5 Å². The van der Waals surface area contributed by atoms with E-state index >= 15 is 0 Å². The minimum absolute atomic E-state index is 0.230. The van der Waals surface area contributed by atoms with Gasteiger partial charge in [0.25, 0.3) is 0 Å². The Morgan fingerprint density at radius 2 is 2.44 bits per heavy atom. The van der Waals surface area contributed by atoms with Crippen molar-refractivity contribution in [1.82, 2.24) is 4.98 Å². The molecule has 1 aliphatic rings. The quantitative estimate of drug-likeness (QED) is 0.805. The molecule has 4 heteroatoms. The first-order valence-corrected chi connectivity index (χ1v) is 5.47. The van der Waals surface area contributed by atoms with Crippen molar-refractivity contribution in [1.29, 1.82) is 5.26 Å². The molecular formula is C12H15N3O. The zero-order valence-electron chi connectivity index (χ0n) is 9.35. The Kier molecular flexibility index (Phi) is 3.07. The summed E-state index contributed by atoms with van der Waals surface area (Å²) in [7, 11) is 0. The summed E-state index contributed by atoms with van der Waals surface area (Å²) >= 11 is 0. The molecule has 1 unspecified atom stereocenters. The summed E-state index contributed by atoms with van der Waals surface area (Å²) in [5.41, 5.74) is 1.51. The number of aryl methyl sites for hydroxylation is 1. The third-order valence-corrected chi connectivity index (χ3v) is 2.94. The van der Waals surface area contributed by atoms with Gasteiger partial charge in [-0.1, -0.05) is 0 Å². The molecule has 1 saturated heterocycles. The molecule has 0 saturated carbocycles. The number of aliphatic hydroxyl groups is 1. The molecule has 1 aliphatic heterocycles. The number of nitrogens with zero attached hydrogens (tertiary/aromatic N) is 3. The van der Waals surface area contributed by atoms with Crippen LogP contribution in [0.3, 0.4) is 0 Å². The molecule has 0 aromatic carbocycles. The van der Waals surface area contributed by atoms with Crippen LogP contribution < -0.4 is 4.90 Å². The zero-order valence-corrected chi connectivity index (χ0v) is 9.35. The first-order chi connectivity index (χ1) is 7.72. The molecule has 1 N–H and O–H groups in total. The standard InChI is InChI=1S/C12H15N3O/c1-9-4-11(6-13)5-12(14-9)15-3-2-10(7-15)8-16/h4-5,10,16H,2-3,7-8H2,1H3. The van der Waals surface area contributed by atoms with Gasteiger partial charge in [0.2, 0.25) is 0 Å². The molecule has 0 aliphatic carbocycles. The van der Waals surface area contributed by atoms with Crippen LogP contribution in [-0.4, -0.2) is 29.8 Å². The molecule has 1 aromatic heterocycles. The van der Waals surface area contributed by atoms with Gasteiger partial charge in [-0.3, -0.25) is 0 Å². The highest BCUT2D eigenvalue weighted by molar-refractivity contribution is 5.47. The Hall–Kier alpha value is -1.60. The Labute approximate surface area is 95.1 Å². The number of anilines is 1. The number of rotatable bonds is 2. The second kappa shape index (κ2) is 4.50. The van der Waals surface area contributed by atoms with Crippen molar-refractivity contribution in [3.63, 3.8) is 0 Å². The topological polar surface area (TPSA) is 60.2 Å². The van der Waals surface area contributed by atoms with Crippen LogP contribution in [0.2, 0.25) is 0 Å². The summed E-state index contributed by atoms with van der Waals surface area (Å²) in [6, 6.07) is 5.73. The number of nitriles is 1. The lowest BCUT2D eigenvalue weighted by molar-refractivity contribution is 0.238. The van der Waals surface area contributed by atoms with E-state index in [9.17, 15) is 0 Å². The maximum absolute atomic E-state index is 9.09. The molecule has 0 spiro atoms. The predicted molar refractivity (Wildman–Crippen MR) is 61.1 cm³/mol. The minimum atomic E-state index is 0.230. The van der Waals surface area contributed by atoms with Gasteiger partial charge in [0.1, 0.15) is 5.82 Å². The van der Waals surface area contributed by atoms with E-state index in [2.05, 4.69) is 16.0 Å². The van der Waals surface area contributed by atoms with E-state index in [1.54, 1.807) is 6.07 Å². The van der Waals surface area contributed by atoms with Crippen LogP contribution in [-0.2, 0) is 0 Å². The van der Waals surface area contributed by atoms with Crippen LogP contribution in [0, 0.1) is 24.2 Å². The van der Waals surface area contributed by atoms with Gasteiger partial charge in [0.15, 0.2) is 0 Å². The number of aromatic nitrogens is 1. The second-order valence-corrected chi connectivity index (χ2v) is 4.25. The SMILES string of the molecule is Cc1cc(C#N)cc(N2CCC(CO)C2)n1. The minimum Gasteiger partial charge on any atom is -0.396 e. The third-order valence-electron chi connectivity index (χ3n) is 2.94. The maximum Gasteiger partial charge on any atom is 0.130 e. The average molecular weight is 217 g/mol. The zero-order chi connectivity index (χ0) is 11.5. The third kappa shape index (κ3) is 2.15. The van der Waals surface area contributed by atoms with Crippen molar-refractivity contribution in [3.05, 3.63) is 23.4 Å². The fourth-order valence-corrected chi connectivity index (χ4v) is 2.07. The maximum atomic E-state index is 9.09. The Balaban J connectivity index is 2.21. The highest BCUT2D eigenvalue weighted by Gasteiger charge is 2.23. The summed E-state index contributed by atoms with van der Waals surface area (Å²) in [5, 5.41) is 18.0. The van der Waals surface area contributed by atoms with Gasteiger partial charge in [0.05, 0.1) is 11.6 Å². The first-order valence-electron chi connectivity index (χ1n) is 5.47. The number of hydrogen-bond acceptors (Lipinski definition) is 4. The summed E-state index contributed by atoms with van der Waals surface area (Å²) in [4.78, 5) is 6.56. The fraction of sp³-hybridized carbons (Fsp3) is 0.500. The summed E-state index contributed by atoms with van der Waals surface area (Å²) < 4.78 is 0. The second-order valence-electron chi connectivity index (χ2n) is 4.25. The molecule has 1 atom stereocenters. The van der Waals surface area contributed by atoms with Crippen LogP contribution in [0.25, 0.3) is 0 Å². The van der Waals surface area contributed by atoms with E-state index in [-0.39, 0.29) is 6.61 Å². The first kappa shape index (κ1) is 10.9. The molecule has 16 heavy (non-hydrogen) atoms. The molecule has 84 valence electrons. The molecular weight excluding hydrogens is 202 g/mol. The van der Waals surface area contributed by atoms with Crippen LogP contribution in [0.1, 0.15) is 17.7 Å². The van der Waals surface area contributed by atoms with E-state index in [1.165, 1.54) is 0 Å². The molecule has 0 amide bonds. The molecule has 2 rings (SSSR count). The Morgan fingerprint density at radius 3 is 3.06 bits per heavy atom. The Bertz CT molecular complexity index is 425. The van der Waals surface area contributed by atoms with Crippen molar-refractivity contribution in [2.75, 3.05) is 24.6 Å². The van der Waals surface area contributed by atoms with Crippen LogP contribution in [0.15, 0.2) is 12.1 Å². The normalized spacial score (nSPS) is 19.8. The van der Waals surface area contributed by atoms with Crippen molar-refractivity contribution in [2.45, 2.75) is 13.3 Å². The summed E-state index contributed by atoms with van der Waals surface area (Å²) in [6.07, 6.45) is 0.994. The van der Waals surface area contributed by atoms with Gasteiger partial charge >= 0.3 is 0 Å². The van der Waals surface area contributed by atoms with Crippen LogP contribution >= 0.6 is 0 Å². The number of pyridine rings is 1. The largest absolute Gasteiger partial charge is 0.396 e. The molecule has 4 nitrogen and oxygen atoms in total. The molecule has 1 fully saturated rings. The molecule has 2 heterocycles. The van der Waals surface area contributed by atoms with Gasteiger partial charge in [0, 0.05) is 31.3 Å². The number of aliphatic hydroxyl groups excluding tert-OH is 1. The predicted octanol–water partition coefficient (Wildman–Crippen LogP) is 1.08. The smallest absolute Gasteiger partial charge is 0.130 e. The lowest BCUT2D eigenvalue weighted by Crippen LogP contribution is -2.22. The van der Waals surface area contributed by atoms with E-state index in [0.29, 0.717) is 11.5 Å². The lowest BCUT2D eigenvalue weighted by Gasteiger charge is -2.17. The summed E-state index contributed by atoms with van der Waals surface area (Å²) in [6.45, 7) is 3.86. The van der Waals surface area contributed by atoms with Crippen LogP contribution in [0.5, 0.6) is 0 Å². The van der Waals surface area contributed by atoms with Crippen molar-refractivity contribution >= 4 is 5.82 Å². The van der Waals surface area contributed by atoms with Crippen molar-refractivity contribution in [2.24, 2.45) is 5.92 Å². The summed E-state index contributed by atoms with van der Waals surface area (Å²) in [5.74, 6) is 1.19. The van der Waals surface area contributed by atoms with E-state index in [4.69, 9.17) is 10.4 Å². The van der Waals surface area contributed by atoms with Crippen molar-refractivity contribution < 1.29 is 5.11 Å². The highest BCUT2D eigenvalue weighted by Crippen LogP contribution is 2.22. The monoisotopic (exact) mass is 217 g/mol. The van der Waals surface area contributed by atoms with Gasteiger partial charge in [-0.2, -0.15) is 5.26 Å². The molecule has 1 aromatic rings. The van der Waals surface area contributed by atoms with E-state index in [1.807, 2.05) is 13.0 Å².